The predicted molar refractivity (Wildman–Crippen MR) is 279 cm³/mol. The van der Waals surface area contributed by atoms with Crippen LogP contribution in [0, 0.1) is 0 Å². The molecular formula is C56H62I4N8. The van der Waals surface area contributed by atoms with Crippen LogP contribution < -0.4 is 114 Å². The van der Waals surface area contributed by atoms with Crippen molar-refractivity contribution in [3.05, 3.63) is 144 Å². The lowest BCUT2D eigenvalue weighted by Crippen LogP contribution is -3.00. The third-order valence-electron chi connectivity index (χ3n) is 12.5. The van der Waals surface area contributed by atoms with Gasteiger partial charge in [-0.25, -0.2) is 9.97 Å². The molecule has 3 aromatic heterocycles. The molecule has 0 saturated heterocycles. The normalized spacial score (nSPS) is 12.4. The molecule has 4 aromatic carbocycles. The summed E-state index contributed by atoms with van der Waals surface area (Å²) in [6.45, 7) is 0. The molecule has 2 N–H and O–H groups in total. The Morgan fingerprint density at radius 2 is 0.441 bits per heavy atom. The first-order chi connectivity index (χ1) is 30.2. The molecule has 5 heterocycles. The molecule has 8 bridgehead atoms. The van der Waals surface area contributed by atoms with Gasteiger partial charge in [-0.15, -0.1) is 0 Å². The molecule has 0 saturated carbocycles. The van der Waals surface area contributed by atoms with Gasteiger partial charge < -0.3 is 106 Å². The smallest absolute Gasteiger partial charge is 0.132 e. The number of rotatable bonds is 8. The summed E-state index contributed by atoms with van der Waals surface area (Å²) in [7, 11) is 26.4. The Balaban J connectivity index is 0.00000216. The van der Waals surface area contributed by atoms with Crippen molar-refractivity contribution < 1.29 is 95.9 Å². The van der Waals surface area contributed by atoms with E-state index in [1.165, 1.54) is 22.7 Å². The molecule has 8 nitrogen and oxygen atoms in total. The quantitative estimate of drug-likeness (QED) is 0.168. The van der Waals surface area contributed by atoms with Gasteiger partial charge in [-0.05, 0) is 168 Å². The first kappa shape index (κ1) is 55.2. The lowest BCUT2D eigenvalue weighted by Gasteiger charge is -2.23. The monoisotopic (exact) mass is 1350 g/mol. The Bertz CT molecular complexity index is 2740. The zero-order valence-electron chi connectivity index (χ0n) is 41.1. The van der Waals surface area contributed by atoms with Crippen LogP contribution in [0.4, 0.5) is 22.7 Å². The Morgan fingerprint density at radius 3 is 0.603 bits per heavy atom. The molecule has 68 heavy (non-hydrogen) atoms. The molecule has 9 rings (SSSR count). The van der Waals surface area contributed by atoms with E-state index >= 15 is 0 Å². The van der Waals surface area contributed by atoms with E-state index in [9.17, 15) is 0 Å². The lowest BCUT2D eigenvalue weighted by atomic mass is 10.0. The Labute approximate surface area is 471 Å². The zero-order valence-corrected chi connectivity index (χ0v) is 49.7. The van der Waals surface area contributed by atoms with Crippen molar-refractivity contribution in [1.82, 2.24) is 37.9 Å². The predicted octanol–water partition coefficient (Wildman–Crippen LogP) is 0.126. The van der Waals surface area contributed by atoms with Crippen molar-refractivity contribution in [2.45, 2.75) is 0 Å². The molecule has 0 aliphatic carbocycles. The van der Waals surface area contributed by atoms with Gasteiger partial charge in [0.2, 0.25) is 0 Å². The van der Waals surface area contributed by atoms with E-state index in [2.05, 4.69) is 240 Å². The Morgan fingerprint density at radius 1 is 0.265 bits per heavy atom. The fourth-order valence-electron chi connectivity index (χ4n) is 8.72. The average molecular weight is 1350 g/mol. The van der Waals surface area contributed by atoms with Crippen LogP contribution in [0.5, 0.6) is 0 Å². The fourth-order valence-corrected chi connectivity index (χ4v) is 8.72. The number of nitrogens with one attached hydrogen (secondary N) is 2. The van der Waals surface area contributed by atoms with Crippen LogP contribution in [0.25, 0.3) is 90.9 Å². The van der Waals surface area contributed by atoms with Crippen LogP contribution in [0.15, 0.2) is 121 Å². The van der Waals surface area contributed by atoms with Crippen molar-refractivity contribution in [2.24, 2.45) is 0 Å². The van der Waals surface area contributed by atoms with E-state index in [0.717, 1.165) is 107 Å². The van der Waals surface area contributed by atoms with Crippen LogP contribution in [-0.2, 0) is 0 Å². The second kappa shape index (κ2) is 20.9. The molecule has 0 amide bonds. The number of benzene rings is 4. The Hall–Kier alpha value is -3.76. The summed E-state index contributed by atoms with van der Waals surface area (Å²) < 4.78 is 2.91. The van der Waals surface area contributed by atoms with Gasteiger partial charge in [0.05, 0.1) is 107 Å². The molecule has 0 spiro atoms. The highest BCUT2D eigenvalue weighted by Crippen LogP contribution is 2.40. The highest BCUT2D eigenvalue weighted by molar-refractivity contribution is 6.00. The van der Waals surface area contributed by atoms with E-state index in [0.29, 0.717) is 0 Å². The van der Waals surface area contributed by atoms with Gasteiger partial charge in [0.15, 0.2) is 0 Å². The number of quaternary nitrogens is 4. The van der Waals surface area contributed by atoms with E-state index in [-0.39, 0.29) is 95.9 Å². The molecule has 12 heteroatoms. The van der Waals surface area contributed by atoms with Crippen LogP contribution in [0.2, 0.25) is 0 Å². The van der Waals surface area contributed by atoms with Crippen molar-refractivity contribution >= 4 is 69.1 Å². The van der Waals surface area contributed by atoms with Gasteiger partial charge in [0.25, 0.3) is 0 Å². The molecular weight excluding hydrogens is 1290 g/mol. The van der Waals surface area contributed by atoms with E-state index in [4.69, 9.17) is 9.97 Å². The first-order valence-electron chi connectivity index (χ1n) is 22.1. The topological polar surface area (TPSA) is 57.4 Å². The highest BCUT2D eigenvalue weighted by atomic mass is 127. The van der Waals surface area contributed by atoms with Gasteiger partial charge >= 0.3 is 0 Å². The van der Waals surface area contributed by atoms with Crippen molar-refractivity contribution in [3.63, 3.8) is 0 Å². The van der Waals surface area contributed by atoms with Crippen molar-refractivity contribution in [1.29, 1.82) is 0 Å². The van der Waals surface area contributed by atoms with Crippen molar-refractivity contribution in [2.75, 3.05) is 84.6 Å². The summed E-state index contributed by atoms with van der Waals surface area (Å²) in [6.07, 6.45) is 8.69. The summed E-state index contributed by atoms with van der Waals surface area (Å²) >= 11 is 0. The van der Waals surface area contributed by atoms with Gasteiger partial charge in [0, 0.05) is 44.3 Å². The van der Waals surface area contributed by atoms with Crippen LogP contribution in [0.1, 0.15) is 22.8 Å². The molecule has 2 aliphatic rings. The lowest BCUT2D eigenvalue weighted by molar-refractivity contribution is -0.00100. The van der Waals surface area contributed by atoms with Crippen LogP contribution >= 0.6 is 0 Å². The number of nitrogens with zero attached hydrogens (tertiary/aromatic N) is 6. The molecule has 0 fully saturated rings. The summed E-state index contributed by atoms with van der Waals surface area (Å²) in [4.78, 5) is 18.9. The number of aromatic amines is 2. The highest BCUT2D eigenvalue weighted by Gasteiger charge is 2.22. The van der Waals surface area contributed by atoms with Crippen LogP contribution in [0.3, 0.4) is 0 Å². The Kier molecular flexibility index (Phi) is 17.0. The number of aromatic nitrogens is 4. The average Bonchev–Trinajstić information content (AvgIpc) is 4.08. The van der Waals surface area contributed by atoms with E-state index in [1.54, 1.807) is 0 Å². The minimum Gasteiger partial charge on any atom is -1.00 e. The maximum Gasteiger partial charge on any atom is 0.132 e. The van der Waals surface area contributed by atoms with E-state index < -0.39 is 0 Å². The number of hydrogen-bond donors (Lipinski definition) is 2. The summed E-state index contributed by atoms with van der Waals surface area (Å²) in [6, 6.07) is 44.5. The summed E-state index contributed by atoms with van der Waals surface area (Å²) in [5.41, 5.74) is 20.9. The van der Waals surface area contributed by atoms with Crippen molar-refractivity contribution in [3.8, 4) is 44.5 Å². The minimum absolute atomic E-state index is 0. The largest absolute Gasteiger partial charge is 1.00 e. The SMILES string of the molecule is C[N+](C)(C)c1ccc(-c2c3nc(c(-c4ccc([N+](C)(C)C)cc4)c4ccc([nH]4)c(-c4ccc([N+](C)(C)C)cc4)c4nc(c(-c5ccc([N+](C)(C)C)cc5)c5ccc2[nH]5)C=C4)C=C3)cc1.[I-].[I-].[I-].[I-]. The molecule has 0 radical (unpaired) electrons. The van der Waals surface area contributed by atoms with E-state index in [1.807, 2.05) is 0 Å². The van der Waals surface area contributed by atoms with Crippen LogP contribution in [-0.4, -0.2) is 105 Å². The third kappa shape index (κ3) is 11.2. The zero-order chi connectivity index (χ0) is 45.3. The molecule has 0 unspecified atom stereocenters. The first-order valence-corrected chi connectivity index (χ1v) is 22.1. The van der Waals surface area contributed by atoms with Gasteiger partial charge in [-0.2, -0.15) is 0 Å². The standard InChI is InChI=1S/C56H62N8.4HI/c1-61(2,3)41-21-13-37(14-22-41)53-45-29-31-47(57-45)54(38-15-23-42(24-16-38)62(4,5)6)49-33-35-51(59-49)56(40-19-27-44(28-20-40)64(10,11)12)52-36-34-50(60-52)55(48-32-30-46(53)58-48)39-17-25-43(26-18-39)63(7,8)9;;;;/h13-36,57,60H,1-12H3;4*1H/q+4;;;;/p-4. The molecule has 0 atom stereocenters. The minimum atomic E-state index is 0. The fraction of sp³-hybridized carbons (Fsp3) is 0.214. The van der Waals surface area contributed by atoms with Gasteiger partial charge in [-0.3, -0.25) is 17.9 Å². The number of H-pyrrole nitrogens is 2. The van der Waals surface area contributed by atoms with Gasteiger partial charge in [0.1, 0.15) is 22.7 Å². The second-order valence-electron chi connectivity index (χ2n) is 20.7. The molecule has 7 aromatic rings. The number of fused-ring (bicyclic) bond motifs is 8. The molecule has 354 valence electrons. The second-order valence-corrected chi connectivity index (χ2v) is 20.7. The number of hydrogen-bond acceptors (Lipinski definition) is 2. The maximum atomic E-state index is 5.54. The third-order valence-corrected chi connectivity index (χ3v) is 12.5. The maximum absolute atomic E-state index is 5.54. The summed E-state index contributed by atoms with van der Waals surface area (Å²) in [5, 5.41) is 0. The summed E-state index contributed by atoms with van der Waals surface area (Å²) in [5.74, 6) is 0. The van der Waals surface area contributed by atoms with Gasteiger partial charge in [-0.1, -0.05) is 0 Å². The number of halogens is 4. The molecule has 2 aliphatic heterocycles.